The molecule has 0 spiro atoms. The Morgan fingerprint density at radius 2 is 0.627 bits per heavy atom. The third-order valence-electron chi connectivity index (χ3n) is 7.97. The standard InChI is InChI=1S/C38H27B.6C2H6/c1-25-8-5-11-31(24-25)28-18-22-30(23-19-28)33-13-7-15-35-34-14-6-12-32(36(34)38(39)37(33)35)29-20-16-27(17-21-29)26-9-3-2-4-10-26;6*1-2/h2-24,38H,1H3;6*1-2H3. The highest BCUT2D eigenvalue weighted by Gasteiger charge is 2.30. The molecule has 0 bridgehead atoms. The van der Waals surface area contributed by atoms with Crippen molar-refractivity contribution in [3.8, 4) is 55.6 Å². The molecule has 6 aromatic rings. The molecule has 266 valence electrons. The molecule has 0 heterocycles. The number of benzene rings is 6. The third kappa shape index (κ3) is 10.7. The quantitative estimate of drug-likeness (QED) is 0.163. The second kappa shape index (κ2) is 24.5. The summed E-state index contributed by atoms with van der Waals surface area (Å²) in [5, 5.41) is 0. The zero-order valence-electron chi connectivity index (χ0n) is 33.9. The maximum atomic E-state index is 7.09. The van der Waals surface area contributed by atoms with E-state index in [1.807, 2.05) is 83.1 Å². The molecule has 0 aromatic heterocycles. The number of aryl methyl sites for hydroxylation is 1. The minimum atomic E-state index is -0.187. The van der Waals surface area contributed by atoms with Crippen LogP contribution in [0.2, 0.25) is 0 Å². The van der Waals surface area contributed by atoms with E-state index in [4.69, 9.17) is 7.85 Å². The van der Waals surface area contributed by atoms with Crippen LogP contribution in [0.1, 0.15) is 106 Å². The maximum Gasteiger partial charge on any atom is 0.0829 e. The van der Waals surface area contributed by atoms with Gasteiger partial charge in [0.05, 0.1) is 7.85 Å². The largest absolute Gasteiger partial charge is 0.0829 e. The molecule has 0 saturated heterocycles. The van der Waals surface area contributed by atoms with Crippen LogP contribution in [0, 0.1) is 6.92 Å². The molecule has 51 heavy (non-hydrogen) atoms. The van der Waals surface area contributed by atoms with Gasteiger partial charge in [0.2, 0.25) is 0 Å². The molecule has 0 amide bonds. The predicted octanol–water partition coefficient (Wildman–Crippen LogP) is 16.1. The van der Waals surface area contributed by atoms with Crippen molar-refractivity contribution in [1.82, 2.24) is 0 Å². The molecule has 0 saturated carbocycles. The fraction of sp³-hybridized carbons (Fsp3) is 0.280. The van der Waals surface area contributed by atoms with E-state index in [1.54, 1.807) is 0 Å². The van der Waals surface area contributed by atoms with Crippen molar-refractivity contribution in [1.29, 1.82) is 0 Å². The van der Waals surface area contributed by atoms with Crippen molar-refractivity contribution < 1.29 is 0 Å². The second-order valence-electron chi connectivity index (χ2n) is 10.4. The SMILES string of the molecule is CC.CC.CC.CC.CC.CC.[B]C1c2c(-c3ccc(-c4ccccc4)cc3)cccc2-c2cccc(-c3ccc(-c4cccc(C)c4)cc3)c21. The molecule has 0 nitrogen and oxygen atoms in total. The van der Waals surface area contributed by atoms with Crippen LogP contribution in [0.3, 0.4) is 0 Å². The van der Waals surface area contributed by atoms with Gasteiger partial charge in [-0.2, -0.15) is 0 Å². The predicted molar refractivity (Wildman–Crippen MR) is 234 cm³/mol. The Bertz CT molecular complexity index is 1800. The molecule has 0 N–H and O–H groups in total. The maximum absolute atomic E-state index is 7.09. The lowest BCUT2D eigenvalue weighted by atomic mass is 9.74. The van der Waals surface area contributed by atoms with Crippen LogP contribution in [0.5, 0.6) is 0 Å². The van der Waals surface area contributed by atoms with E-state index in [2.05, 4.69) is 146 Å². The Morgan fingerprint density at radius 1 is 0.314 bits per heavy atom. The van der Waals surface area contributed by atoms with E-state index >= 15 is 0 Å². The Kier molecular flexibility index (Phi) is 21.4. The topological polar surface area (TPSA) is 0 Å². The summed E-state index contributed by atoms with van der Waals surface area (Å²) in [6, 6.07) is 50.1. The zero-order valence-corrected chi connectivity index (χ0v) is 33.9. The minimum absolute atomic E-state index is 0.187. The van der Waals surface area contributed by atoms with E-state index in [0.717, 1.165) is 0 Å². The van der Waals surface area contributed by atoms with E-state index < -0.39 is 0 Å². The normalized spacial score (nSPS) is 11.1. The average Bonchev–Trinajstić information content (AvgIpc) is 3.54. The Hall–Kier alpha value is -4.62. The highest BCUT2D eigenvalue weighted by atomic mass is 14.3. The lowest BCUT2D eigenvalue weighted by Crippen LogP contribution is -2.00. The number of hydrogen-bond donors (Lipinski definition) is 0. The highest BCUT2D eigenvalue weighted by Crippen LogP contribution is 2.50. The summed E-state index contributed by atoms with van der Waals surface area (Å²) >= 11 is 0. The van der Waals surface area contributed by atoms with E-state index in [1.165, 1.54) is 72.3 Å². The first kappa shape index (κ1) is 44.4. The fourth-order valence-corrected chi connectivity index (χ4v) is 6.06. The first-order valence-corrected chi connectivity index (χ1v) is 19.5. The Labute approximate surface area is 314 Å². The number of rotatable bonds is 4. The second-order valence-corrected chi connectivity index (χ2v) is 10.4. The summed E-state index contributed by atoms with van der Waals surface area (Å²) < 4.78 is 0. The summed E-state index contributed by atoms with van der Waals surface area (Å²) in [6.45, 7) is 26.1. The number of hydrogen-bond acceptors (Lipinski definition) is 0. The van der Waals surface area contributed by atoms with Crippen LogP contribution >= 0.6 is 0 Å². The van der Waals surface area contributed by atoms with Crippen LogP contribution in [-0.2, 0) is 0 Å². The van der Waals surface area contributed by atoms with Crippen molar-refractivity contribution in [2.75, 3.05) is 0 Å². The summed E-state index contributed by atoms with van der Waals surface area (Å²) in [7, 11) is 7.09. The summed E-state index contributed by atoms with van der Waals surface area (Å²) in [5.74, 6) is -0.187. The van der Waals surface area contributed by atoms with Gasteiger partial charge in [0.25, 0.3) is 0 Å². The molecule has 1 heteroatoms. The molecule has 0 aliphatic heterocycles. The van der Waals surface area contributed by atoms with Crippen molar-refractivity contribution >= 4 is 7.85 Å². The molecule has 1 aliphatic rings. The summed E-state index contributed by atoms with van der Waals surface area (Å²) in [5.41, 5.74) is 15.9. The van der Waals surface area contributed by atoms with Crippen molar-refractivity contribution in [3.63, 3.8) is 0 Å². The molecular weight excluding hydrogens is 611 g/mol. The van der Waals surface area contributed by atoms with Gasteiger partial charge in [-0.1, -0.05) is 228 Å². The Balaban J connectivity index is 0.000000987. The first-order valence-electron chi connectivity index (χ1n) is 19.5. The summed E-state index contributed by atoms with van der Waals surface area (Å²) in [4.78, 5) is 0. The van der Waals surface area contributed by atoms with Gasteiger partial charge in [0, 0.05) is 0 Å². The first-order chi connectivity index (χ1) is 25.2. The smallest absolute Gasteiger partial charge is 0.0683 e. The lowest BCUT2D eigenvalue weighted by Gasteiger charge is -2.16. The molecule has 1 atom stereocenters. The molecule has 1 unspecified atom stereocenters. The van der Waals surface area contributed by atoms with Gasteiger partial charge in [-0.3, -0.25) is 0 Å². The van der Waals surface area contributed by atoms with Crippen molar-refractivity contribution in [2.24, 2.45) is 0 Å². The zero-order chi connectivity index (χ0) is 38.3. The molecule has 2 radical (unpaired) electrons. The van der Waals surface area contributed by atoms with Gasteiger partial charge in [-0.15, -0.1) is 0 Å². The minimum Gasteiger partial charge on any atom is -0.0683 e. The van der Waals surface area contributed by atoms with Crippen LogP contribution in [0.15, 0.2) is 140 Å². The molecule has 0 fully saturated rings. The van der Waals surface area contributed by atoms with Crippen LogP contribution in [0.25, 0.3) is 55.6 Å². The molecular formula is C50H63B. The van der Waals surface area contributed by atoms with Gasteiger partial charge < -0.3 is 0 Å². The Morgan fingerprint density at radius 3 is 1.04 bits per heavy atom. The highest BCUT2D eigenvalue weighted by molar-refractivity contribution is 6.19. The average molecular weight is 675 g/mol. The van der Waals surface area contributed by atoms with Gasteiger partial charge in [0.15, 0.2) is 0 Å². The monoisotopic (exact) mass is 675 g/mol. The third-order valence-corrected chi connectivity index (χ3v) is 7.97. The van der Waals surface area contributed by atoms with Gasteiger partial charge >= 0.3 is 0 Å². The van der Waals surface area contributed by atoms with Crippen LogP contribution in [-0.4, -0.2) is 7.85 Å². The fourth-order valence-electron chi connectivity index (χ4n) is 6.06. The molecule has 1 aliphatic carbocycles. The lowest BCUT2D eigenvalue weighted by molar-refractivity contribution is 1.20. The van der Waals surface area contributed by atoms with Crippen molar-refractivity contribution in [3.05, 3.63) is 156 Å². The van der Waals surface area contributed by atoms with Gasteiger partial charge in [-0.25, -0.2) is 0 Å². The molecule has 7 rings (SSSR count). The van der Waals surface area contributed by atoms with Crippen LogP contribution in [0.4, 0.5) is 0 Å². The van der Waals surface area contributed by atoms with Crippen LogP contribution < -0.4 is 0 Å². The molecule has 6 aromatic carbocycles. The summed E-state index contributed by atoms with van der Waals surface area (Å²) in [6.07, 6.45) is 0. The van der Waals surface area contributed by atoms with E-state index in [0.29, 0.717) is 0 Å². The van der Waals surface area contributed by atoms with Crippen molar-refractivity contribution in [2.45, 2.75) is 95.8 Å². The van der Waals surface area contributed by atoms with Gasteiger partial charge in [0.1, 0.15) is 0 Å². The van der Waals surface area contributed by atoms with E-state index in [-0.39, 0.29) is 5.82 Å². The van der Waals surface area contributed by atoms with Gasteiger partial charge in [-0.05, 0) is 79.5 Å². The van der Waals surface area contributed by atoms with E-state index in [9.17, 15) is 0 Å². The number of fused-ring (bicyclic) bond motifs is 3.